The van der Waals surface area contributed by atoms with Gasteiger partial charge in [-0.1, -0.05) is 127 Å². The lowest BCUT2D eigenvalue weighted by molar-refractivity contribution is 0.669. The van der Waals surface area contributed by atoms with Crippen LogP contribution in [0.3, 0.4) is 0 Å². The summed E-state index contributed by atoms with van der Waals surface area (Å²) in [5, 5.41) is 6.61. The van der Waals surface area contributed by atoms with E-state index < -0.39 is 0 Å². The van der Waals surface area contributed by atoms with E-state index in [2.05, 4.69) is 210 Å². The SMILES string of the molecule is c1ccc(-c2ccc3oc4ccc(N(c5ccc(-c6ccccc6)c6oc7ccccc7c56)c5cccc6c5c5ccccc5n6-c5ccccc5)cc4c3c2)cc1. The molecule has 0 N–H and O–H groups in total. The molecule has 0 fully saturated rings. The summed E-state index contributed by atoms with van der Waals surface area (Å²) in [6.45, 7) is 0. The molecule has 12 aromatic rings. The summed E-state index contributed by atoms with van der Waals surface area (Å²) in [6.07, 6.45) is 0. The third-order valence-electron chi connectivity index (χ3n) is 11.6. The van der Waals surface area contributed by atoms with Gasteiger partial charge < -0.3 is 18.3 Å². The lowest BCUT2D eigenvalue weighted by Gasteiger charge is -2.28. The molecule has 0 aliphatic rings. The van der Waals surface area contributed by atoms with Crippen molar-refractivity contribution in [3.8, 4) is 27.9 Å². The normalized spacial score (nSPS) is 11.8. The quantitative estimate of drug-likeness (QED) is 0.170. The molecule has 58 heavy (non-hydrogen) atoms. The molecule has 0 aliphatic carbocycles. The zero-order valence-electron chi connectivity index (χ0n) is 31.3. The van der Waals surface area contributed by atoms with Gasteiger partial charge in [0.25, 0.3) is 0 Å². The van der Waals surface area contributed by atoms with Crippen LogP contribution in [-0.2, 0) is 0 Å². The third-order valence-corrected chi connectivity index (χ3v) is 11.6. The van der Waals surface area contributed by atoms with Crippen molar-refractivity contribution in [2.45, 2.75) is 0 Å². The highest BCUT2D eigenvalue weighted by atomic mass is 16.3. The van der Waals surface area contributed by atoms with Crippen molar-refractivity contribution in [3.63, 3.8) is 0 Å². The minimum Gasteiger partial charge on any atom is -0.456 e. The standard InChI is InChI=1S/C54H34N2O2/c1-4-15-35(16-5-1)37-27-31-50-43(33-37)44-34-39(28-32-51(44)57-50)56(47-25-14-24-46-52(47)41-21-10-12-23-45(41)55(46)38-19-8-3-9-20-38)48-30-29-40(36-17-6-2-7-18-36)54-53(48)42-22-11-13-26-49(42)58-54/h1-34H. The summed E-state index contributed by atoms with van der Waals surface area (Å²) >= 11 is 0. The third kappa shape index (κ3) is 4.95. The van der Waals surface area contributed by atoms with Crippen LogP contribution in [0.15, 0.2) is 215 Å². The second kappa shape index (κ2) is 12.9. The predicted octanol–water partition coefficient (Wildman–Crippen LogP) is 15.4. The number of furan rings is 2. The van der Waals surface area contributed by atoms with Gasteiger partial charge in [0.2, 0.25) is 0 Å². The van der Waals surface area contributed by atoms with Gasteiger partial charge in [0, 0.05) is 43.9 Å². The highest BCUT2D eigenvalue weighted by molar-refractivity contribution is 6.21. The molecule has 0 saturated carbocycles. The number of nitrogens with zero attached hydrogens (tertiary/aromatic N) is 2. The maximum absolute atomic E-state index is 6.85. The Bertz CT molecular complexity index is 3490. The number of para-hydroxylation sites is 3. The Hall–Kier alpha value is -7.82. The maximum Gasteiger partial charge on any atom is 0.145 e. The Morgan fingerprint density at radius 1 is 0.362 bits per heavy atom. The Kier molecular flexibility index (Phi) is 7.20. The van der Waals surface area contributed by atoms with Crippen molar-refractivity contribution < 1.29 is 8.83 Å². The molecule has 3 aromatic heterocycles. The van der Waals surface area contributed by atoms with Crippen LogP contribution in [-0.4, -0.2) is 4.57 Å². The molecule has 4 nitrogen and oxygen atoms in total. The number of fused-ring (bicyclic) bond motifs is 9. The van der Waals surface area contributed by atoms with Crippen LogP contribution in [0.4, 0.5) is 17.1 Å². The van der Waals surface area contributed by atoms with Gasteiger partial charge in [-0.25, -0.2) is 0 Å². The number of hydrogen-bond donors (Lipinski definition) is 0. The highest BCUT2D eigenvalue weighted by Crippen LogP contribution is 2.50. The van der Waals surface area contributed by atoms with Crippen molar-refractivity contribution in [2.24, 2.45) is 0 Å². The Morgan fingerprint density at radius 3 is 1.79 bits per heavy atom. The van der Waals surface area contributed by atoms with Gasteiger partial charge in [0.05, 0.1) is 27.8 Å². The van der Waals surface area contributed by atoms with Gasteiger partial charge in [-0.15, -0.1) is 0 Å². The van der Waals surface area contributed by atoms with Crippen LogP contribution in [0.25, 0.3) is 93.6 Å². The van der Waals surface area contributed by atoms with Crippen LogP contribution >= 0.6 is 0 Å². The van der Waals surface area contributed by atoms with Crippen molar-refractivity contribution in [3.05, 3.63) is 206 Å². The molecule has 272 valence electrons. The molecule has 4 heteroatoms. The first kappa shape index (κ1) is 32.4. The van der Waals surface area contributed by atoms with Crippen molar-refractivity contribution >= 4 is 82.7 Å². The lowest BCUT2D eigenvalue weighted by atomic mass is 9.99. The van der Waals surface area contributed by atoms with E-state index in [1.807, 2.05) is 6.07 Å². The monoisotopic (exact) mass is 742 g/mol. The van der Waals surface area contributed by atoms with Crippen molar-refractivity contribution in [1.29, 1.82) is 0 Å². The molecule has 0 aliphatic heterocycles. The molecular weight excluding hydrogens is 709 g/mol. The number of hydrogen-bond acceptors (Lipinski definition) is 3. The lowest BCUT2D eigenvalue weighted by Crippen LogP contribution is -2.11. The summed E-state index contributed by atoms with van der Waals surface area (Å²) in [7, 11) is 0. The van der Waals surface area contributed by atoms with E-state index in [9.17, 15) is 0 Å². The molecule has 0 radical (unpaired) electrons. The molecule has 0 amide bonds. The summed E-state index contributed by atoms with van der Waals surface area (Å²) in [6, 6.07) is 73.1. The van der Waals surface area contributed by atoms with E-state index in [-0.39, 0.29) is 0 Å². The molecule has 0 atom stereocenters. The molecule has 3 heterocycles. The Balaban J connectivity index is 1.19. The number of rotatable bonds is 6. The maximum atomic E-state index is 6.85. The van der Waals surface area contributed by atoms with Gasteiger partial charge in [0.15, 0.2) is 0 Å². The van der Waals surface area contributed by atoms with E-state index in [1.165, 1.54) is 16.3 Å². The average molecular weight is 743 g/mol. The van der Waals surface area contributed by atoms with Gasteiger partial charge >= 0.3 is 0 Å². The number of benzene rings is 9. The predicted molar refractivity (Wildman–Crippen MR) is 241 cm³/mol. The summed E-state index contributed by atoms with van der Waals surface area (Å²) < 4.78 is 15.7. The number of anilines is 3. The molecule has 12 rings (SSSR count). The largest absolute Gasteiger partial charge is 0.456 e. The summed E-state index contributed by atoms with van der Waals surface area (Å²) in [4.78, 5) is 2.43. The fourth-order valence-electron chi connectivity index (χ4n) is 9.01. The van der Waals surface area contributed by atoms with Crippen LogP contribution < -0.4 is 4.90 Å². The van der Waals surface area contributed by atoms with E-state index in [0.717, 1.165) is 94.4 Å². The van der Waals surface area contributed by atoms with Crippen LogP contribution in [0.1, 0.15) is 0 Å². The fraction of sp³-hybridized carbons (Fsp3) is 0. The zero-order valence-corrected chi connectivity index (χ0v) is 31.3. The highest BCUT2D eigenvalue weighted by Gasteiger charge is 2.26. The average Bonchev–Trinajstić information content (AvgIpc) is 3.97. The van der Waals surface area contributed by atoms with Crippen LogP contribution in [0, 0.1) is 0 Å². The van der Waals surface area contributed by atoms with E-state index >= 15 is 0 Å². The Labute approximate surface area is 334 Å². The molecule has 0 unspecified atom stereocenters. The van der Waals surface area contributed by atoms with Gasteiger partial charge in [-0.2, -0.15) is 0 Å². The second-order valence-electron chi connectivity index (χ2n) is 14.9. The topological polar surface area (TPSA) is 34.5 Å². The van der Waals surface area contributed by atoms with Crippen LogP contribution in [0.5, 0.6) is 0 Å². The van der Waals surface area contributed by atoms with E-state index in [1.54, 1.807) is 0 Å². The zero-order chi connectivity index (χ0) is 38.2. The molecule has 0 saturated heterocycles. The summed E-state index contributed by atoms with van der Waals surface area (Å²) in [5.74, 6) is 0. The number of aromatic nitrogens is 1. The smallest absolute Gasteiger partial charge is 0.145 e. The molecular formula is C54H34N2O2. The molecule has 0 bridgehead atoms. The van der Waals surface area contributed by atoms with Crippen molar-refractivity contribution in [2.75, 3.05) is 4.90 Å². The van der Waals surface area contributed by atoms with Gasteiger partial charge in [0.1, 0.15) is 22.3 Å². The van der Waals surface area contributed by atoms with E-state index in [4.69, 9.17) is 8.83 Å². The molecule has 9 aromatic carbocycles. The Morgan fingerprint density at radius 2 is 0.983 bits per heavy atom. The first-order valence-corrected chi connectivity index (χ1v) is 19.7. The summed E-state index contributed by atoms with van der Waals surface area (Å²) in [5.41, 5.74) is 14.4. The van der Waals surface area contributed by atoms with Crippen molar-refractivity contribution in [1.82, 2.24) is 4.57 Å². The molecule has 0 spiro atoms. The fourth-order valence-corrected chi connectivity index (χ4v) is 9.01. The van der Waals surface area contributed by atoms with Crippen LogP contribution in [0.2, 0.25) is 0 Å². The minimum atomic E-state index is 0.848. The minimum absolute atomic E-state index is 0.848. The van der Waals surface area contributed by atoms with E-state index in [0.29, 0.717) is 0 Å². The first-order valence-electron chi connectivity index (χ1n) is 19.7. The second-order valence-corrected chi connectivity index (χ2v) is 14.9. The van der Waals surface area contributed by atoms with Gasteiger partial charge in [-0.3, -0.25) is 0 Å². The first-order chi connectivity index (χ1) is 28.8. The van der Waals surface area contributed by atoms with Gasteiger partial charge in [-0.05, 0) is 95.6 Å².